The lowest BCUT2D eigenvalue weighted by atomic mass is 10.2. The van der Waals surface area contributed by atoms with Crippen molar-refractivity contribution in [3.8, 4) is 10.6 Å². The lowest BCUT2D eigenvalue weighted by Crippen LogP contribution is -2.36. The Bertz CT molecular complexity index is 889. The summed E-state index contributed by atoms with van der Waals surface area (Å²) in [5, 5.41) is 10.3. The average Bonchev–Trinajstić information content (AvgIpc) is 3.04. The topological polar surface area (TPSA) is 115 Å². The minimum Gasteiger partial charge on any atom is -0.378 e. The normalized spacial score (nSPS) is 15.2. The highest BCUT2D eigenvalue weighted by molar-refractivity contribution is 7.89. The van der Waals surface area contributed by atoms with Gasteiger partial charge in [0.1, 0.15) is 10.8 Å². The van der Waals surface area contributed by atoms with Crippen LogP contribution in [-0.2, 0) is 19.6 Å². The zero-order valence-corrected chi connectivity index (χ0v) is 15.2. The number of carbonyl (C=O) groups is 1. The summed E-state index contributed by atoms with van der Waals surface area (Å²) in [5.41, 5.74) is 0.784. The number of morpholine rings is 1. The molecule has 0 unspecified atom stereocenters. The van der Waals surface area contributed by atoms with E-state index in [1.807, 2.05) is 5.38 Å². The lowest BCUT2D eigenvalue weighted by Gasteiger charge is -2.26. The van der Waals surface area contributed by atoms with Gasteiger partial charge in [0.25, 0.3) is 0 Å². The number of sulfonamides is 1. The molecule has 134 valence electrons. The third-order valence-electron chi connectivity index (χ3n) is 3.67. The molecule has 0 saturated carbocycles. The summed E-state index contributed by atoms with van der Waals surface area (Å²) in [4.78, 5) is 17.8. The van der Waals surface area contributed by atoms with Gasteiger partial charge in [-0.05, 0) is 18.2 Å². The molecule has 3 rings (SSSR count). The summed E-state index contributed by atoms with van der Waals surface area (Å²) in [6, 6.07) is 4.58. The van der Waals surface area contributed by atoms with E-state index in [9.17, 15) is 13.2 Å². The number of aromatic nitrogens is 1. The fourth-order valence-electron chi connectivity index (χ4n) is 2.54. The third-order valence-corrected chi connectivity index (χ3v) is 5.48. The van der Waals surface area contributed by atoms with Gasteiger partial charge in [0.05, 0.1) is 18.1 Å². The number of ether oxygens (including phenoxy) is 1. The minimum absolute atomic E-state index is 0.0679. The first-order chi connectivity index (χ1) is 11.8. The number of carbonyl (C=O) groups excluding carboxylic acids is 1. The van der Waals surface area contributed by atoms with E-state index < -0.39 is 10.0 Å². The van der Waals surface area contributed by atoms with Crippen LogP contribution in [0, 0.1) is 0 Å². The number of rotatable bonds is 4. The van der Waals surface area contributed by atoms with E-state index in [-0.39, 0.29) is 10.8 Å². The van der Waals surface area contributed by atoms with E-state index in [4.69, 9.17) is 9.88 Å². The first kappa shape index (κ1) is 17.8. The van der Waals surface area contributed by atoms with Gasteiger partial charge in [-0.2, -0.15) is 0 Å². The van der Waals surface area contributed by atoms with Gasteiger partial charge in [0, 0.05) is 36.6 Å². The van der Waals surface area contributed by atoms with E-state index in [0.29, 0.717) is 29.5 Å². The van der Waals surface area contributed by atoms with Crippen LogP contribution >= 0.6 is 11.3 Å². The largest absolute Gasteiger partial charge is 0.378 e. The molecule has 0 bridgehead atoms. The van der Waals surface area contributed by atoms with E-state index in [2.05, 4.69) is 15.2 Å². The Morgan fingerprint density at radius 2 is 2.08 bits per heavy atom. The summed E-state index contributed by atoms with van der Waals surface area (Å²) < 4.78 is 29.3. The van der Waals surface area contributed by atoms with Crippen molar-refractivity contribution in [1.29, 1.82) is 0 Å². The quantitative estimate of drug-likeness (QED) is 0.822. The monoisotopic (exact) mass is 382 g/mol. The standard InChI is InChI=1S/C15H18N4O4S2/c1-10(20)17-11-2-3-12(13(8-11)25(16,21)22)15-18-14(9-24-15)19-4-6-23-7-5-19/h2-3,8-9H,4-7H2,1H3,(H,17,20)(H2,16,21,22). The fraction of sp³-hybridized carbons (Fsp3) is 0.333. The molecule has 2 aromatic rings. The summed E-state index contributed by atoms with van der Waals surface area (Å²) in [6.45, 7) is 4.11. The minimum atomic E-state index is -3.97. The molecule has 1 aromatic carbocycles. The van der Waals surface area contributed by atoms with Crippen LogP contribution in [0.5, 0.6) is 0 Å². The average molecular weight is 382 g/mol. The van der Waals surface area contributed by atoms with Crippen molar-refractivity contribution in [3.05, 3.63) is 23.6 Å². The Labute approximate surface area is 149 Å². The van der Waals surface area contributed by atoms with Crippen LogP contribution in [0.3, 0.4) is 0 Å². The lowest BCUT2D eigenvalue weighted by molar-refractivity contribution is -0.114. The molecule has 1 aliphatic heterocycles. The van der Waals surface area contributed by atoms with Gasteiger partial charge in [-0.25, -0.2) is 18.5 Å². The van der Waals surface area contributed by atoms with Crippen molar-refractivity contribution in [2.45, 2.75) is 11.8 Å². The molecule has 1 aliphatic rings. The highest BCUT2D eigenvalue weighted by Crippen LogP contribution is 2.33. The molecule has 2 heterocycles. The second-order valence-corrected chi connectivity index (χ2v) is 7.94. The summed E-state index contributed by atoms with van der Waals surface area (Å²) in [6.07, 6.45) is 0. The number of hydrogen-bond donors (Lipinski definition) is 2. The van der Waals surface area contributed by atoms with E-state index in [1.54, 1.807) is 12.1 Å². The Hall–Kier alpha value is -2.01. The zero-order chi connectivity index (χ0) is 18.0. The van der Waals surface area contributed by atoms with Crippen molar-refractivity contribution in [2.24, 2.45) is 5.14 Å². The maximum absolute atomic E-state index is 12.0. The van der Waals surface area contributed by atoms with E-state index >= 15 is 0 Å². The van der Waals surface area contributed by atoms with Crippen molar-refractivity contribution in [3.63, 3.8) is 0 Å². The maximum Gasteiger partial charge on any atom is 0.238 e. The Balaban J connectivity index is 1.98. The number of primary sulfonamides is 1. The summed E-state index contributed by atoms with van der Waals surface area (Å²) in [7, 11) is -3.97. The van der Waals surface area contributed by atoms with Crippen LogP contribution in [-0.4, -0.2) is 45.6 Å². The second-order valence-electron chi connectivity index (χ2n) is 5.55. The SMILES string of the molecule is CC(=O)Nc1ccc(-c2nc(N3CCOCC3)cs2)c(S(N)(=O)=O)c1. The molecule has 1 saturated heterocycles. The van der Waals surface area contributed by atoms with Crippen LogP contribution in [0.25, 0.3) is 10.6 Å². The van der Waals surface area contributed by atoms with Gasteiger partial charge in [-0.1, -0.05) is 0 Å². The molecule has 0 spiro atoms. The first-order valence-corrected chi connectivity index (χ1v) is 10.0. The molecule has 3 N–H and O–H groups in total. The molecule has 1 amide bonds. The number of nitrogens with one attached hydrogen (secondary N) is 1. The molecule has 1 aromatic heterocycles. The van der Waals surface area contributed by atoms with Crippen LogP contribution in [0.15, 0.2) is 28.5 Å². The predicted octanol–water partition coefficient (Wildman–Crippen LogP) is 1.25. The smallest absolute Gasteiger partial charge is 0.238 e. The fourth-order valence-corrected chi connectivity index (χ4v) is 4.24. The molecular weight excluding hydrogens is 364 g/mol. The Morgan fingerprint density at radius 1 is 1.36 bits per heavy atom. The van der Waals surface area contributed by atoms with Crippen LogP contribution in [0.4, 0.5) is 11.5 Å². The number of anilines is 2. The first-order valence-electron chi connectivity index (χ1n) is 7.57. The highest BCUT2D eigenvalue weighted by Gasteiger charge is 2.21. The molecule has 0 radical (unpaired) electrons. The van der Waals surface area contributed by atoms with E-state index in [1.165, 1.54) is 24.3 Å². The molecular formula is C15H18N4O4S2. The molecule has 25 heavy (non-hydrogen) atoms. The van der Waals surface area contributed by atoms with Gasteiger partial charge in [0.15, 0.2) is 0 Å². The van der Waals surface area contributed by atoms with E-state index in [0.717, 1.165) is 18.9 Å². The van der Waals surface area contributed by atoms with Crippen molar-refractivity contribution in [1.82, 2.24) is 4.98 Å². The second kappa shape index (κ2) is 7.08. The summed E-state index contributed by atoms with van der Waals surface area (Å²) >= 11 is 1.35. The van der Waals surface area contributed by atoms with Crippen LogP contribution in [0.2, 0.25) is 0 Å². The number of nitrogens with two attached hydrogens (primary N) is 1. The molecule has 8 nitrogen and oxygen atoms in total. The molecule has 1 fully saturated rings. The van der Waals surface area contributed by atoms with Crippen LogP contribution in [0.1, 0.15) is 6.92 Å². The molecule has 0 aliphatic carbocycles. The Morgan fingerprint density at radius 3 is 2.72 bits per heavy atom. The summed E-state index contributed by atoms with van der Waals surface area (Å²) in [5.74, 6) is 0.492. The van der Waals surface area contributed by atoms with Gasteiger partial charge in [-0.3, -0.25) is 4.79 Å². The van der Waals surface area contributed by atoms with Gasteiger partial charge in [-0.15, -0.1) is 11.3 Å². The maximum atomic E-state index is 12.0. The Kier molecular flexibility index (Phi) is 5.04. The van der Waals surface area contributed by atoms with Crippen LogP contribution < -0.4 is 15.4 Å². The number of nitrogens with zero attached hydrogens (tertiary/aromatic N) is 2. The molecule has 0 atom stereocenters. The van der Waals surface area contributed by atoms with Crippen molar-refractivity contribution in [2.75, 3.05) is 36.5 Å². The number of amides is 1. The van der Waals surface area contributed by atoms with Crippen molar-refractivity contribution < 1.29 is 17.9 Å². The number of thiazole rings is 1. The molecule has 10 heteroatoms. The third kappa shape index (κ3) is 4.15. The van der Waals surface area contributed by atoms with Gasteiger partial charge in [0.2, 0.25) is 15.9 Å². The zero-order valence-electron chi connectivity index (χ0n) is 13.6. The highest BCUT2D eigenvalue weighted by atomic mass is 32.2. The van der Waals surface area contributed by atoms with Gasteiger partial charge >= 0.3 is 0 Å². The predicted molar refractivity (Wildman–Crippen MR) is 96.3 cm³/mol. The van der Waals surface area contributed by atoms with Gasteiger partial charge < -0.3 is 15.0 Å². The number of hydrogen-bond acceptors (Lipinski definition) is 7. The van der Waals surface area contributed by atoms with Crippen molar-refractivity contribution >= 4 is 38.8 Å². The number of benzene rings is 1.